The summed E-state index contributed by atoms with van der Waals surface area (Å²) in [6, 6.07) is 14.0. The Kier molecular flexibility index (Phi) is 5.94. The molecule has 0 saturated carbocycles. The van der Waals surface area contributed by atoms with E-state index in [1.165, 1.54) is 14.2 Å². The third-order valence-electron chi connectivity index (χ3n) is 2.91. The van der Waals surface area contributed by atoms with Gasteiger partial charge in [-0.1, -0.05) is 30.3 Å². The Balaban J connectivity index is 2.33. The van der Waals surface area contributed by atoms with E-state index in [-0.39, 0.29) is 19.4 Å². The third kappa shape index (κ3) is 4.07. The van der Waals surface area contributed by atoms with E-state index in [4.69, 9.17) is 18.9 Å². The summed E-state index contributed by atoms with van der Waals surface area (Å²) in [6.07, 6.45) is 0. The van der Waals surface area contributed by atoms with Crippen LogP contribution in [0.15, 0.2) is 48.5 Å². The molecule has 5 nitrogen and oxygen atoms in total. The molecule has 22 heavy (non-hydrogen) atoms. The number of methoxy groups -OCH3 is 2. The average Bonchev–Trinajstić information content (AvgIpc) is 2.58. The molecule has 0 heterocycles. The van der Waals surface area contributed by atoms with Gasteiger partial charge in [0.25, 0.3) is 0 Å². The molecule has 0 N–H and O–H groups in total. The first-order chi connectivity index (χ1) is 10.8. The minimum atomic E-state index is -0.144. The maximum Gasteiger partial charge on any atom is 0.196 e. The number of hydrogen-bond acceptors (Lipinski definition) is 5. The molecule has 0 fully saturated rings. The molecular weight excluding hydrogens is 284 g/mol. The van der Waals surface area contributed by atoms with Crippen LogP contribution in [0.3, 0.4) is 0 Å². The van der Waals surface area contributed by atoms with Crippen LogP contribution in [0, 0.1) is 0 Å². The fourth-order valence-corrected chi connectivity index (χ4v) is 1.90. The van der Waals surface area contributed by atoms with Gasteiger partial charge in [0.2, 0.25) is 0 Å². The Labute approximate surface area is 129 Å². The molecule has 116 valence electrons. The van der Waals surface area contributed by atoms with Gasteiger partial charge < -0.3 is 18.9 Å². The number of carbonyl (C=O) groups is 1. The Bertz CT molecular complexity index is 610. The highest BCUT2D eigenvalue weighted by Gasteiger charge is 2.16. The number of hydrogen-bond donors (Lipinski definition) is 0. The van der Waals surface area contributed by atoms with Gasteiger partial charge >= 0.3 is 0 Å². The molecule has 0 aliphatic heterocycles. The van der Waals surface area contributed by atoms with Crippen molar-refractivity contribution in [2.75, 3.05) is 27.8 Å². The predicted octanol–water partition coefficient (Wildman–Crippen LogP) is 2.88. The molecule has 0 aromatic heterocycles. The average molecular weight is 302 g/mol. The summed E-state index contributed by atoms with van der Waals surface area (Å²) in [4.78, 5) is 12.6. The zero-order valence-electron chi connectivity index (χ0n) is 12.6. The van der Waals surface area contributed by atoms with Gasteiger partial charge in [0.15, 0.2) is 19.4 Å². The van der Waals surface area contributed by atoms with Crippen LogP contribution in [0.4, 0.5) is 0 Å². The topological polar surface area (TPSA) is 54.0 Å². The van der Waals surface area contributed by atoms with Gasteiger partial charge in [0.1, 0.15) is 11.5 Å². The predicted molar refractivity (Wildman–Crippen MR) is 81.3 cm³/mol. The van der Waals surface area contributed by atoms with Crippen molar-refractivity contribution in [1.29, 1.82) is 0 Å². The lowest BCUT2D eigenvalue weighted by atomic mass is 10.0. The molecular formula is C17H18O5. The van der Waals surface area contributed by atoms with Crippen molar-refractivity contribution in [3.63, 3.8) is 0 Å². The summed E-state index contributed by atoms with van der Waals surface area (Å²) in [5.74, 6) is 0.834. The second-order valence-corrected chi connectivity index (χ2v) is 4.45. The van der Waals surface area contributed by atoms with Crippen molar-refractivity contribution in [2.24, 2.45) is 0 Å². The van der Waals surface area contributed by atoms with Crippen molar-refractivity contribution >= 4 is 5.78 Å². The maximum absolute atomic E-state index is 12.6. The summed E-state index contributed by atoms with van der Waals surface area (Å²) in [5, 5.41) is 0. The van der Waals surface area contributed by atoms with Gasteiger partial charge in [-0.2, -0.15) is 0 Å². The molecule has 2 aromatic rings. The summed E-state index contributed by atoms with van der Waals surface area (Å²) in [6.45, 7) is 0.171. The van der Waals surface area contributed by atoms with E-state index in [0.717, 1.165) is 0 Å². The fraction of sp³-hybridized carbons (Fsp3) is 0.235. The summed E-state index contributed by atoms with van der Waals surface area (Å²) in [7, 11) is 3.06. The molecule has 0 unspecified atom stereocenters. The van der Waals surface area contributed by atoms with Gasteiger partial charge in [-0.3, -0.25) is 4.79 Å². The number of benzene rings is 2. The van der Waals surface area contributed by atoms with Gasteiger partial charge in [0, 0.05) is 19.8 Å². The minimum Gasteiger partial charge on any atom is -0.468 e. The van der Waals surface area contributed by atoms with E-state index in [9.17, 15) is 4.79 Å². The van der Waals surface area contributed by atoms with Crippen LogP contribution >= 0.6 is 0 Å². The normalized spacial score (nSPS) is 10.3. The summed E-state index contributed by atoms with van der Waals surface area (Å²) in [5.41, 5.74) is 0.991. The van der Waals surface area contributed by atoms with Gasteiger partial charge in [0.05, 0.1) is 5.56 Å². The van der Waals surface area contributed by atoms with E-state index in [2.05, 4.69) is 0 Å². The van der Waals surface area contributed by atoms with E-state index in [0.29, 0.717) is 22.6 Å². The maximum atomic E-state index is 12.6. The van der Waals surface area contributed by atoms with Gasteiger partial charge in [-0.05, 0) is 18.2 Å². The second kappa shape index (κ2) is 8.17. The smallest absolute Gasteiger partial charge is 0.196 e. The molecule has 2 aromatic carbocycles. The molecule has 0 radical (unpaired) electrons. The number of ether oxygens (including phenoxy) is 4. The van der Waals surface area contributed by atoms with Crippen molar-refractivity contribution in [3.8, 4) is 11.5 Å². The van der Waals surface area contributed by atoms with Crippen LogP contribution in [0.2, 0.25) is 0 Å². The lowest BCUT2D eigenvalue weighted by molar-refractivity contribution is 0.0477. The zero-order chi connectivity index (χ0) is 15.8. The van der Waals surface area contributed by atoms with Crippen LogP contribution in [0.1, 0.15) is 15.9 Å². The van der Waals surface area contributed by atoms with E-state index < -0.39 is 0 Å². The first-order valence-electron chi connectivity index (χ1n) is 6.73. The molecule has 2 rings (SSSR count). The van der Waals surface area contributed by atoms with Crippen molar-refractivity contribution in [3.05, 3.63) is 59.7 Å². The molecule has 0 saturated heterocycles. The molecule has 0 atom stereocenters. The third-order valence-corrected chi connectivity index (χ3v) is 2.91. The number of rotatable bonds is 8. The lowest BCUT2D eigenvalue weighted by Gasteiger charge is -2.12. The quantitative estimate of drug-likeness (QED) is 0.554. The Hall–Kier alpha value is -2.37. The van der Waals surface area contributed by atoms with Gasteiger partial charge in [-0.25, -0.2) is 0 Å². The summed E-state index contributed by atoms with van der Waals surface area (Å²) < 4.78 is 20.6. The Morgan fingerprint density at radius 1 is 0.909 bits per heavy atom. The van der Waals surface area contributed by atoms with Crippen molar-refractivity contribution in [1.82, 2.24) is 0 Å². The van der Waals surface area contributed by atoms with Crippen LogP contribution in [0.5, 0.6) is 11.5 Å². The lowest BCUT2D eigenvalue weighted by Crippen LogP contribution is -2.08. The molecule has 0 aliphatic carbocycles. The van der Waals surface area contributed by atoms with Gasteiger partial charge in [-0.15, -0.1) is 0 Å². The Morgan fingerprint density at radius 2 is 1.59 bits per heavy atom. The van der Waals surface area contributed by atoms with Crippen molar-refractivity contribution in [2.45, 2.75) is 0 Å². The zero-order valence-corrected chi connectivity index (χ0v) is 12.6. The van der Waals surface area contributed by atoms with Crippen LogP contribution in [-0.4, -0.2) is 33.6 Å². The second-order valence-electron chi connectivity index (χ2n) is 4.45. The summed E-state index contributed by atoms with van der Waals surface area (Å²) >= 11 is 0. The first-order valence-corrected chi connectivity index (χ1v) is 6.73. The molecule has 0 bridgehead atoms. The highest BCUT2D eigenvalue weighted by molar-refractivity contribution is 6.10. The van der Waals surface area contributed by atoms with Crippen LogP contribution in [0.25, 0.3) is 0 Å². The molecule has 0 aliphatic rings. The Morgan fingerprint density at radius 3 is 2.27 bits per heavy atom. The van der Waals surface area contributed by atoms with Crippen molar-refractivity contribution < 1.29 is 23.7 Å². The fourth-order valence-electron chi connectivity index (χ4n) is 1.90. The van der Waals surface area contributed by atoms with E-state index >= 15 is 0 Å². The molecule has 0 amide bonds. The SMILES string of the molecule is COCOc1ccc(OCOC)c(C(=O)c2ccccc2)c1. The highest BCUT2D eigenvalue weighted by atomic mass is 16.7. The van der Waals surface area contributed by atoms with Crippen LogP contribution < -0.4 is 9.47 Å². The number of carbonyl (C=O) groups excluding carboxylic acids is 1. The number of ketones is 1. The highest BCUT2D eigenvalue weighted by Crippen LogP contribution is 2.27. The van der Waals surface area contributed by atoms with Crippen LogP contribution in [-0.2, 0) is 9.47 Å². The molecule has 0 spiro atoms. The monoisotopic (exact) mass is 302 g/mol. The van der Waals surface area contributed by atoms with E-state index in [1.807, 2.05) is 18.2 Å². The largest absolute Gasteiger partial charge is 0.468 e. The first kappa shape index (κ1) is 16.0. The standard InChI is InChI=1S/C17H18O5/c1-19-11-21-14-8-9-16(22-12-20-2)15(10-14)17(18)13-6-4-3-5-7-13/h3-10H,11-12H2,1-2H3. The minimum absolute atomic E-state index is 0.0628. The van der Waals surface area contributed by atoms with E-state index in [1.54, 1.807) is 30.3 Å². The molecule has 5 heteroatoms.